The maximum Gasteiger partial charge on any atom is 0.211 e. The summed E-state index contributed by atoms with van der Waals surface area (Å²) in [5.74, 6) is 2.38. The van der Waals surface area contributed by atoms with Crippen molar-refractivity contribution in [1.29, 1.82) is 0 Å². The van der Waals surface area contributed by atoms with Crippen molar-refractivity contribution in [3.05, 3.63) is 102 Å². The SMILES string of the molecule is CC(C)(C)c1ccc(N2C3=C(OC4CC5C(CC34)SC3CCCCC3N5c3ccccc3)N3C4CC(C(C)(C)C)CCC4N(c4ccc(C(C)(C)C)cc4)C4CCCC2C43)cc1. The molecule has 0 radical (unpaired) electrons. The first-order chi connectivity index (χ1) is 29.6. The normalized spacial score (nSPS) is 35.6. The molecule has 5 nitrogen and oxygen atoms in total. The van der Waals surface area contributed by atoms with Crippen LogP contribution < -0.4 is 14.7 Å². The molecule has 4 aliphatic heterocycles. The number of hydrogen-bond acceptors (Lipinski definition) is 6. The Kier molecular flexibility index (Phi) is 10.1. The summed E-state index contributed by atoms with van der Waals surface area (Å²) in [6, 6.07) is 34.5. The van der Waals surface area contributed by atoms with E-state index in [0.717, 1.165) is 11.7 Å². The Labute approximate surface area is 379 Å². The van der Waals surface area contributed by atoms with E-state index in [9.17, 15) is 0 Å². The average molecular weight is 853 g/mol. The third-order valence-electron chi connectivity index (χ3n) is 17.5. The molecule has 6 heteroatoms. The van der Waals surface area contributed by atoms with Crippen LogP contribution in [-0.2, 0) is 15.6 Å². The van der Waals surface area contributed by atoms with Crippen LogP contribution in [0.4, 0.5) is 17.1 Å². The molecular weight excluding hydrogens is 777 g/mol. The Balaban J connectivity index is 1.05. The van der Waals surface area contributed by atoms with Gasteiger partial charge < -0.3 is 24.3 Å². The molecule has 0 bridgehead atoms. The third-order valence-corrected chi connectivity index (χ3v) is 19.3. The molecule has 12 atom stereocenters. The lowest BCUT2D eigenvalue weighted by molar-refractivity contribution is -0.0568. The summed E-state index contributed by atoms with van der Waals surface area (Å²) < 4.78 is 7.88. The third kappa shape index (κ3) is 6.83. The molecule has 4 saturated carbocycles. The Morgan fingerprint density at radius 1 is 0.500 bits per heavy atom. The van der Waals surface area contributed by atoms with Crippen molar-refractivity contribution in [2.24, 2.45) is 17.3 Å². The minimum Gasteiger partial charge on any atom is -0.474 e. The number of benzene rings is 3. The van der Waals surface area contributed by atoms with Crippen molar-refractivity contribution in [2.75, 3.05) is 14.7 Å². The van der Waals surface area contributed by atoms with E-state index in [2.05, 4.69) is 173 Å². The summed E-state index contributed by atoms with van der Waals surface area (Å²) >= 11 is 2.39. The van der Waals surface area contributed by atoms with Crippen LogP contribution in [-0.4, -0.2) is 63.8 Å². The summed E-state index contributed by atoms with van der Waals surface area (Å²) in [6.07, 6.45) is 15.5. The van der Waals surface area contributed by atoms with Crippen LogP contribution in [0.2, 0.25) is 0 Å². The maximum atomic E-state index is 7.88. The molecule has 2 saturated heterocycles. The van der Waals surface area contributed by atoms with Crippen molar-refractivity contribution < 1.29 is 4.74 Å². The first-order valence-electron chi connectivity index (χ1n) is 25.1. The lowest BCUT2D eigenvalue weighted by atomic mass is 9.66. The quantitative estimate of drug-likeness (QED) is 0.260. The molecule has 0 spiro atoms. The van der Waals surface area contributed by atoms with E-state index in [4.69, 9.17) is 4.74 Å². The molecule has 8 aliphatic rings. The van der Waals surface area contributed by atoms with E-state index < -0.39 is 0 Å². The van der Waals surface area contributed by atoms with Crippen LogP contribution in [0.3, 0.4) is 0 Å². The molecule has 0 aromatic heterocycles. The lowest BCUT2D eigenvalue weighted by Crippen LogP contribution is -2.76. The highest BCUT2D eigenvalue weighted by Crippen LogP contribution is 2.59. The summed E-state index contributed by atoms with van der Waals surface area (Å²) in [5, 5.41) is 1.32. The molecule has 6 fully saturated rings. The zero-order chi connectivity index (χ0) is 42.9. The molecular formula is C56H76N4OS. The predicted molar refractivity (Wildman–Crippen MR) is 261 cm³/mol. The fraction of sp³-hybridized carbons (Fsp3) is 0.643. The zero-order valence-electron chi connectivity index (χ0n) is 39.5. The molecule has 3 aromatic rings. The van der Waals surface area contributed by atoms with Gasteiger partial charge in [0.2, 0.25) is 5.88 Å². The number of anilines is 3. The van der Waals surface area contributed by atoms with Crippen LogP contribution in [0.15, 0.2) is 90.4 Å². The highest BCUT2D eigenvalue weighted by Gasteiger charge is 2.63. The molecule has 3 aromatic carbocycles. The molecule has 4 heterocycles. The smallest absolute Gasteiger partial charge is 0.211 e. The molecule has 12 unspecified atom stereocenters. The lowest BCUT2D eigenvalue weighted by Gasteiger charge is -2.66. The Morgan fingerprint density at radius 2 is 1.11 bits per heavy atom. The second-order valence-electron chi connectivity index (χ2n) is 24.1. The van der Waals surface area contributed by atoms with E-state index in [1.165, 1.54) is 105 Å². The van der Waals surface area contributed by atoms with Crippen molar-refractivity contribution in [3.63, 3.8) is 0 Å². The van der Waals surface area contributed by atoms with E-state index in [0.29, 0.717) is 59.4 Å². The van der Waals surface area contributed by atoms with Gasteiger partial charge in [-0.25, -0.2) is 0 Å². The Morgan fingerprint density at radius 3 is 1.79 bits per heavy atom. The topological polar surface area (TPSA) is 22.2 Å². The second kappa shape index (κ2) is 15.2. The fourth-order valence-corrected chi connectivity index (χ4v) is 16.3. The Hall–Kier alpha value is -3.25. The zero-order valence-corrected chi connectivity index (χ0v) is 40.3. The van der Waals surface area contributed by atoms with Gasteiger partial charge in [0.25, 0.3) is 0 Å². The van der Waals surface area contributed by atoms with Gasteiger partial charge in [0, 0.05) is 58.0 Å². The van der Waals surface area contributed by atoms with Crippen LogP contribution in [0.25, 0.3) is 0 Å². The monoisotopic (exact) mass is 853 g/mol. The van der Waals surface area contributed by atoms with Gasteiger partial charge in [0.1, 0.15) is 6.10 Å². The summed E-state index contributed by atoms with van der Waals surface area (Å²) in [4.78, 5) is 11.9. The first kappa shape index (κ1) is 41.5. The van der Waals surface area contributed by atoms with E-state index in [-0.39, 0.29) is 22.3 Å². The largest absolute Gasteiger partial charge is 0.474 e. The number of thioether (sulfide) groups is 1. The molecule has 11 rings (SSSR count). The van der Waals surface area contributed by atoms with Gasteiger partial charge in [-0.15, -0.1) is 0 Å². The van der Waals surface area contributed by atoms with Crippen LogP contribution in [0.5, 0.6) is 0 Å². The molecule has 0 N–H and O–H groups in total. The molecule has 62 heavy (non-hydrogen) atoms. The van der Waals surface area contributed by atoms with Crippen molar-refractivity contribution >= 4 is 28.8 Å². The summed E-state index contributed by atoms with van der Waals surface area (Å²) in [6.45, 7) is 21.7. The van der Waals surface area contributed by atoms with Crippen LogP contribution in [0.1, 0.15) is 150 Å². The van der Waals surface area contributed by atoms with Gasteiger partial charge in [-0.2, -0.15) is 11.8 Å². The van der Waals surface area contributed by atoms with E-state index in [1.807, 2.05) is 0 Å². The van der Waals surface area contributed by atoms with E-state index >= 15 is 0 Å². The fourth-order valence-electron chi connectivity index (χ4n) is 14.3. The first-order valence-corrected chi connectivity index (χ1v) is 26.1. The summed E-state index contributed by atoms with van der Waals surface area (Å²) in [7, 11) is 0. The molecule has 332 valence electrons. The summed E-state index contributed by atoms with van der Waals surface area (Å²) in [5.41, 5.74) is 9.19. The number of para-hydroxylation sites is 1. The highest BCUT2D eigenvalue weighted by atomic mass is 32.2. The van der Waals surface area contributed by atoms with Gasteiger partial charge in [0.15, 0.2) is 0 Å². The van der Waals surface area contributed by atoms with Crippen LogP contribution >= 0.6 is 11.8 Å². The maximum absolute atomic E-state index is 7.88. The Bertz CT molecular complexity index is 2130. The second-order valence-corrected chi connectivity index (χ2v) is 25.6. The number of fused-ring (bicyclic) bond motifs is 7. The molecule has 4 aliphatic carbocycles. The minimum absolute atomic E-state index is 0.114. The number of rotatable bonds is 3. The number of piperazine rings is 1. The van der Waals surface area contributed by atoms with Crippen molar-refractivity contribution in [3.8, 4) is 0 Å². The van der Waals surface area contributed by atoms with Gasteiger partial charge in [0.05, 0.1) is 29.9 Å². The van der Waals surface area contributed by atoms with Gasteiger partial charge in [-0.1, -0.05) is 118 Å². The van der Waals surface area contributed by atoms with Gasteiger partial charge >= 0.3 is 0 Å². The minimum atomic E-state index is 0.114. The van der Waals surface area contributed by atoms with Crippen molar-refractivity contribution in [1.82, 2.24) is 4.90 Å². The standard InChI is InChI=1S/C56H76N4OS/c1-54(2,3)35-22-27-39(28-23-35)57-42-31-26-37(56(7,8)9)32-46(42)60-52-44(57)19-15-20-45(52)59(40-29-24-36(25-30-40)55(4,5)6)51-41-33-50-47(34-48(41)61-53(51)60)58(38-16-11-10-12-17-38)43-18-13-14-21-49(43)62-50/h10-12,16-17,22-25,27-30,37,41-50,52H,13-15,18-21,26,31-34H2,1-9H3. The number of nitrogens with zero attached hydrogens (tertiary/aromatic N) is 4. The van der Waals surface area contributed by atoms with E-state index in [1.54, 1.807) is 5.70 Å². The van der Waals surface area contributed by atoms with Gasteiger partial charge in [-0.3, -0.25) is 0 Å². The molecule has 0 amide bonds. The van der Waals surface area contributed by atoms with Crippen molar-refractivity contribution in [2.45, 2.75) is 209 Å². The number of hydrogen-bond donors (Lipinski definition) is 0. The van der Waals surface area contributed by atoms with Gasteiger partial charge in [-0.05, 0) is 127 Å². The van der Waals surface area contributed by atoms with Crippen LogP contribution in [0, 0.1) is 17.3 Å². The highest BCUT2D eigenvalue weighted by molar-refractivity contribution is 8.00. The number of ether oxygens (including phenoxy) is 1. The predicted octanol–water partition coefficient (Wildman–Crippen LogP) is 13.1. The average Bonchev–Trinajstić information content (AvgIpc) is 3.61.